The number of hydrogen-bond acceptors (Lipinski definition) is 6. The summed E-state index contributed by atoms with van der Waals surface area (Å²) in [6.45, 7) is 3.74. The number of sulfonamides is 1. The molecule has 0 aliphatic heterocycles. The van der Waals surface area contributed by atoms with Crippen molar-refractivity contribution in [3.05, 3.63) is 53.1 Å². The van der Waals surface area contributed by atoms with Crippen molar-refractivity contribution in [3.8, 4) is 5.75 Å². The Balaban J connectivity index is 2.47. The van der Waals surface area contributed by atoms with E-state index in [2.05, 4.69) is 10.1 Å². The monoisotopic (exact) mass is 456 g/mol. The lowest BCUT2D eigenvalue weighted by Crippen LogP contribution is -2.31. The summed E-state index contributed by atoms with van der Waals surface area (Å²) in [6.07, 6.45) is 0. The number of halogens is 2. The second-order valence-corrected chi connectivity index (χ2v) is 8.12. The van der Waals surface area contributed by atoms with Gasteiger partial charge in [0.25, 0.3) is 5.91 Å². The Morgan fingerprint density at radius 3 is 2.23 bits per heavy atom. The molecule has 2 aromatic carbocycles. The van der Waals surface area contributed by atoms with Crippen LogP contribution in [0.4, 0.5) is 14.5 Å². The summed E-state index contributed by atoms with van der Waals surface area (Å²) in [5.41, 5.74) is -1.16. The number of carbonyl (C=O) groups excluding carboxylic acids is 2. The number of rotatable bonds is 8. The van der Waals surface area contributed by atoms with Crippen molar-refractivity contribution in [3.63, 3.8) is 0 Å². The summed E-state index contributed by atoms with van der Waals surface area (Å²) in [6, 6.07) is 4.92. The summed E-state index contributed by atoms with van der Waals surface area (Å²) in [7, 11) is -1.65. The van der Waals surface area contributed by atoms with Gasteiger partial charge >= 0.3 is 5.97 Å². The molecule has 0 bridgehead atoms. The van der Waals surface area contributed by atoms with Gasteiger partial charge in [0, 0.05) is 24.7 Å². The van der Waals surface area contributed by atoms with E-state index < -0.39 is 44.8 Å². The highest BCUT2D eigenvalue weighted by Crippen LogP contribution is 2.29. The number of nitrogens with one attached hydrogen (secondary N) is 1. The molecule has 31 heavy (non-hydrogen) atoms. The van der Waals surface area contributed by atoms with Crippen LogP contribution in [0.1, 0.15) is 34.6 Å². The van der Waals surface area contributed by atoms with E-state index >= 15 is 0 Å². The number of amides is 1. The molecule has 0 radical (unpaired) electrons. The SMILES string of the molecule is CCN(CC)S(=O)(=O)c1cc(C(=O)Nc2cc(C(=O)OC)c(F)cc2F)ccc1OC. The zero-order valence-corrected chi connectivity index (χ0v) is 18.2. The van der Waals surface area contributed by atoms with Crippen molar-refractivity contribution < 1.29 is 36.3 Å². The van der Waals surface area contributed by atoms with Crippen LogP contribution in [0.2, 0.25) is 0 Å². The largest absolute Gasteiger partial charge is 0.495 e. The summed E-state index contributed by atoms with van der Waals surface area (Å²) >= 11 is 0. The van der Waals surface area contributed by atoms with Gasteiger partial charge in [0.1, 0.15) is 22.3 Å². The molecule has 1 N–H and O–H groups in total. The van der Waals surface area contributed by atoms with Crippen LogP contribution in [0.25, 0.3) is 0 Å². The molecule has 0 saturated heterocycles. The van der Waals surface area contributed by atoms with Gasteiger partial charge in [-0.05, 0) is 24.3 Å². The van der Waals surface area contributed by atoms with Crippen LogP contribution in [0, 0.1) is 11.6 Å². The third kappa shape index (κ3) is 5.00. The minimum absolute atomic E-state index is 0.0318. The maximum Gasteiger partial charge on any atom is 0.340 e. The Bertz CT molecular complexity index is 1100. The Hall–Kier alpha value is -3.05. The van der Waals surface area contributed by atoms with E-state index in [9.17, 15) is 26.8 Å². The minimum Gasteiger partial charge on any atom is -0.495 e. The average molecular weight is 456 g/mol. The zero-order valence-electron chi connectivity index (χ0n) is 17.4. The summed E-state index contributed by atoms with van der Waals surface area (Å²) in [5.74, 6) is -4.17. The molecule has 11 heteroatoms. The number of methoxy groups -OCH3 is 2. The van der Waals surface area contributed by atoms with Gasteiger partial charge in [0.2, 0.25) is 10.0 Å². The molecule has 1 amide bonds. The van der Waals surface area contributed by atoms with Crippen molar-refractivity contribution >= 4 is 27.6 Å². The lowest BCUT2D eigenvalue weighted by molar-refractivity contribution is 0.0595. The van der Waals surface area contributed by atoms with Crippen LogP contribution in [0.3, 0.4) is 0 Å². The third-order valence-corrected chi connectivity index (χ3v) is 6.53. The smallest absolute Gasteiger partial charge is 0.340 e. The summed E-state index contributed by atoms with van der Waals surface area (Å²) in [5, 5.41) is 2.21. The van der Waals surface area contributed by atoms with Gasteiger partial charge in [0.05, 0.1) is 25.5 Å². The fourth-order valence-corrected chi connectivity index (χ4v) is 4.47. The Labute approximate surface area is 178 Å². The lowest BCUT2D eigenvalue weighted by atomic mass is 10.1. The van der Waals surface area contributed by atoms with Crippen molar-refractivity contribution in [2.75, 3.05) is 32.6 Å². The molecule has 0 atom stereocenters. The first-order valence-corrected chi connectivity index (χ1v) is 10.6. The van der Waals surface area contributed by atoms with E-state index in [0.717, 1.165) is 19.2 Å². The lowest BCUT2D eigenvalue weighted by Gasteiger charge is -2.20. The minimum atomic E-state index is -3.96. The number of carbonyl (C=O) groups is 2. The summed E-state index contributed by atoms with van der Waals surface area (Å²) in [4.78, 5) is 24.0. The number of anilines is 1. The molecule has 0 aromatic heterocycles. The van der Waals surface area contributed by atoms with Crippen LogP contribution >= 0.6 is 0 Å². The third-order valence-electron chi connectivity index (χ3n) is 4.46. The van der Waals surface area contributed by atoms with Crippen molar-refractivity contribution in [1.82, 2.24) is 4.31 Å². The molecule has 0 aliphatic rings. The molecule has 0 spiro atoms. The van der Waals surface area contributed by atoms with Gasteiger partial charge < -0.3 is 14.8 Å². The first-order chi connectivity index (χ1) is 14.6. The van der Waals surface area contributed by atoms with Gasteiger partial charge in [-0.25, -0.2) is 22.0 Å². The zero-order chi connectivity index (χ0) is 23.3. The Kier molecular flexibility index (Phi) is 7.69. The highest BCUT2D eigenvalue weighted by molar-refractivity contribution is 7.89. The topological polar surface area (TPSA) is 102 Å². The fraction of sp³-hybridized carbons (Fsp3) is 0.300. The fourth-order valence-electron chi connectivity index (χ4n) is 2.83. The maximum atomic E-state index is 14.1. The van der Waals surface area contributed by atoms with Crippen LogP contribution < -0.4 is 10.1 Å². The first kappa shape index (κ1) is 24.2. The normalized spacial score (nSPS) is 11.3. The molecule has 168 valence electrons. The number of hydrogen-bond donors (Lipinski definition) is 1. The molecular formula is C20H22F2N2O6S. The second-order valence-electron chi connectivity index (χ2n) is 6.21. The first-order valence-electron chi connectivity index (χ1n) is 9.17. The number of nitrogens with zero attached hydrogens (tertiary/aromatic N) is 1. The molecule has 2 aromatic rings. The number of benzene rings is 2. The predicted octanol–water partition coefficient (Wildman–Crippen LogP) is 3.04. The Morgan fingerprint density at radius 1 is 1.03 bits per heavy atom. The van der Waals surface area contributed by atoms with Gasteiger partial charge in [-0.2, -0.15) is 4.31 Å². The standard InChI is InChI=1S/C20H22F2N2O6S/c1-5-24(6-2)31(27,28)18-9-12(7-8-17(18)29-3)19(25)23-16-10-13(20(26)30-4)14(21)11-15(16)22/h7-11H,5-6H2,1-4H3,(H,23,25). The van der Waals surface area contributed by atoms with Crippen LogP contribution in [-0.2, 0) is 14.8 Å². The van der Waals surface area contributed by atoms with Gasteiger partial charge in [-0.3, -0.25) is 4.79 Å². The molecule has 0 fully saturated rings. The van der Waals surface area contributed by atoms with Crippen molar-refractivity contribution in [1.29, 1.82) is 0 Å². The Morgan fingerprint density at radius 2 is 1.68 bits per heavy atom. The van der Waals surface area contributed by atoms with E-state index in [1.54, 1.807) is 13.8 Å². The van der Waals surface area contributed by atoms with E-state index in [1.165, 1.54) is 23.5 Å². The quantitative estimate of drug-likeness (QED) is 0.613. The van der Waals surface area contributed by atoms with E-state index in [1.807, 2.05) is 0 Å². The van der Waals surface area contributed by atoms with Crippen LogP contribution in [0.5, 0.6) is 5.75 Å². The van der Waals surface area contributed by atoms with Crippen LogP contribution in [0.15, 0.2) is 35.2 Å². The van der Waals surface area contributed by atoms with Crippen molar-refractivity contribution in [2.24, 2.45) is 0 Å². The van der Waals surface area contributed by atoms with Gasteiger partial charge in [0.15, 0.2) is 0 Å². The van der Waals surface area contributed by atoms with Gasteiger partial charge in [-0.1, -0.05) is 13.8 Å². The van der Waals surface area contributed by atoms with Crippen LogP contribution in [-0.4, -0.2) is 51.9 Å². The van der Waals surface area contributed by atoms with E-state index in [-0.39, 0.29) is 29.3 Å². The molecular weight excluding hydrogens is 434 g/mol. The van der Waals surface area contributed by atoms with E-state index in [0.29, 0.717) is 6.07 Å². The number of esters is 1. The van der Waals surface area contributed by atoms with E-state index in [4.69, 9.17) is 4.74 Å². The molecule has 0 unspecified atom stereocenters. The second kappa shape index (κ2) is 9.84. The molecule has 2 rings (SSSR count). The number of ether oxygens (including phenoxy) is 2. The highest BCUT2D eigenvalue weighted by Gasteiger charge is 2.27. The average Bonchev–Trinajstić information content (AvgIpc) is 2.75. The predicted molar refractivity (Wildman–Crippen MR) is 109 cm³/mol. The van der Waals surface area contributed by atoms with Crippen molar-refractivity contribution in [2.45, 2.75) is 18.7 Å². The molecule has 8 nitrogen and oxygen atoms in total. The maximum absolute atomic E-state index is 14.1. The van der Waals surface area contributed by atoms with Gasteiger partial charge in [-0.15, -0.1) is 0 Å². The highest BCUT2D eigenvalue weighted by atomic mass is 32.2. The molecule has 0 heterocycles. The summed E-state index contributed by atoms with van der Waals surface area (Å²) < 4.78 is 64.5. The molecule has 0 aliphatic carbocycles. The molecule has 0 saturated carbocycles.